The average molecular weight is 238 g/mol. The molecule has 1 amide bonds. The first kappa shape index (κ1) is 12.9. The lowest BCUT2D eigenvalue weighted by Gasteiger charge is -2.29. The van der Waals surface area contributed by atoms with E-state index in [2.05, 4.69) is 24.1 Å². The van der Waals surface area contributed by atoms with Gasteiger partial charge in [0.25, 0.3) is 0 Å². The van der Waals surface area contributed by atoms with Crippen LogP contribution in [-0.4, -0.2) is 36.5 Å². The van der Waals surface area contributed by atoms with Crippen molar-refractivity contribution in [2.24, 2.45) is 11.8 Å². The standard InChI is InChI=1S/C14H26N2O/c1-3-15-13(12-6-4-5-7-12)10-16-9-11(2)8-14(16)17/h11-13,15H,3-10H2,1-2H3. The fourth-order valence-electron chi connectivity index (χ4n) is 3.39. The maximum atomic E-state index is 11.8. The van der Waals surface area contributed by atoms with Gasteiger partial charge in [0, 0.05) is 25.6 Å². The normalized spacial score (nSPS) is 28.0. The minimum absolute atomic E-state index is 0.360. The van der Waals surface area contributed by atoms with E-state index >= 15 is 0 Å². The molecule has 98 valence electrons. The van der Waals surface area contributed by atoms with E-state index < -0.39 is 0 Å². The van der Waals surface area contributed by atoms with Crippen molar-refractivity contribution in [1.29, 1.82) is 0 Å². The molecule has 0 spiro atoms. The molecule has 1 aliphatic heterocycles. The van der Waals surface area contributed by atoms with Crippen molar-refractivity contribution in [1.82, 2.24) is 10.2 Å². The molecule has 17 heavy (non-hydrogen) atoms. The predicted molar refractivity (Wildman–Crippen MR) is 69.8 cm³/mol. The van der Waals surface area contributed by atoms with Gasteiger partial charge in [0.05, 0.1) is 0 Å². The number of nitrogens with zero attached hydrogens (tertiary/aromatic N) is 1. The second-order valence-corrected chi connectivity index (χ2v) is 5.82. The van der Waals surface area contributed by atoms with E-state index in [0.29, 0.717) is 17.9 Å². The molecular weight excluding hydrogens is 212 g/mol. The molecular formula is C14H26N2O. The molecule has 1 saturated heterocycles. The van der Waals surface area contributed by atoms with Crippen LogP contribution in [0.1, 0.15) is 46.0 Å². The second kappa shape index (κ2) is 5.85. The number of nitrogens with one attached hydrogen (secondary N) is 1. The van der Waals surface area contributed by atoms with E-state index in [4.69, 9.17) is 0 Å². The third-order valence-corrected chi connectivity index (χ3v) is 4.26. The molecule has 0 radical (unpaired) electrons. The van der Waals surface area contributed by atoms with Gasteiger partial charge in [-0.25, -0.2) is 0 Å². The van der Waals surface area contributed by atoms with Gasteiger partial charge in [-0.2, -0.15) is 0 Å². The van der Waals surface area contributed by atoms with Crippen molar-refractivity contribution in [3.05, 3.63) is 0 Å². The number of amides is 1. The monoisotopic (exact) mass is 238 g/mol. The summed E-state index contributed by atoms with van der Waals surface area (Å²) in [5, 5.41) is 3.59. The number of likely N-dealkylation sites (tertiary alicyclic amines) is 1. The van der Waals surface area contributed by atoms with E-state index in [1.54, 1.807) is 0 Å². The third-order valence-electron chi connectivity index (χ3n) is 4.26. The Bertz CT molecular complexity index is 261. The van der Waals surface area contributed by atoms with Crippen LogP contribution in [-0.2, 0) is 4.79 Å². The summed E-state index contributed by atoms with van der Waals surface area (Å²) in [6, 6.07) is 0.525. The number of carbonyl (C=O) groups excluding carboxylic acids is 1. The van der Waals surface area contributed by atoms with Crippen LogP contribution < -0.4 is 5.32 Å². The molecule has 0 bridgehead atoms. The zero-order chi connectivity index (χ0) is 12.3. The van der Waals surface area contributed by atoms with E-state index in [1.807, 2.05) is 0 Å². The van der Waals surface area contributed by atoms with Crippen molar-refractivity contribution in [2.45, 2.75) is 52.0 Å². The smallest absolute Gasteiger partial charge is 0.222 e. The highest BCUT2D eigenvalue weighted by Crippen LogP contribution is 2.29. The van der Waals surface area contributed by atoms with E-state index in [0.717, 1.165) is 32.0 Å². The Kier molecular flexibility index (Phi) is 4.43. The number of hydrogen-bond donors (Lipinski definition) is 1. The third kappa shape index (κ3) is 3.21. The summed E-state index contributed by atoms with van der Waals surface area (Å²) in [6.45, 7) is 7.25. The van der Waals surface area contributed by atoms with Crippen LogP contribution in [0.3, 0.4) is 0 Å². The van der Waals surface area contributed by atoms with Crippen LogP contribution in [0.25, 0.3) is 0 Å². The van der Waals surface area contributed by atoms with Crippen molar-refractivity contribution < 1.29 is 4.79 Å². The highest BCUT2D eigenvalue weighted by Gasteiger charge is 2.31. The highest BCUT2D eigenvalue weighted by molar-refractivity contribution is 5.78. The molecule has 2 fully saturated rings. The number of carbonyl (C=O) groups is 1. The van der Waals surface area contributed by atoms with Crippen LogP contribution in [0, 0.1) is 11.8 Å². The Morgan fingerprint density at radius 2 is 2.12 bits per heavy atom. The lowest BCUT2D eigenvalue weighted by Crippen LogP contribution is -2.45. The van der Waals surface area contributed by atoms with Crippen LogP contribution in [0.15, 0.2) is 0 Å². The average Bonchev–Trinajstić information content (AvgIpc) is 2.88. The van der Waals surface area contributed by atoms with Crippen LogP contribution in [0.5, 0.6) is 0 Å². The first-order valence-corrected chi connectivity index (χ1v) is 7.22. The first-order valence-electron chi connectivity index (χ1n) is 7.22. The van der Waals surface area contributed by atoms with Crippen LogP contribution in [0.2, 0.25) is 0 Å². The molecule has 3 nitrogen and oxygen atoms in total. The largest absolute Gasteiger partial charge is 0.341 e. The molecule has 0 aromatic carbocycles. The van der Waals surface area contributed by atoms with E-state index in [1.165, 1.54) is 25.7 Å². The lowest BCUT2D eigenvalue weighted by atomic mass is 9.97. The van der Waals surface area contributed by atoms with Gasteiger partial charge in [0.1, 0.15) is 0 Å². The van der Waals surface area contributed by atoms with Crippen molar-refractivity contribution in [3.8, 4) is 0 Å². The maximum Gasteiger partial charge on any atom is 0.222 e. The molecule has 1 N–H and O–H groups in total. The predicted octanol–water partition coefficient (Wildman–Crippen LogP) is 2.02. The molecule has 1 heterocycles. The van der Waals surface area contributed by atoms with Crippen molar-refractivity contribution >= 4 is 5.91 Å². The zero-order valence-electron chi connectivity index (χ0n) is 11.2. The number of rotatable bonds is 5. The van der Waals surface area contributed by atoms with E-state index in [9.17, 15) is 4.79 Å². The SMILES string of the molecule is CCNC(CN1CC(C)CC1=O)C1CCCC1. The van der Waals surface area contributed by atoms with Crippen molar-refractivity contribution in [2.75, 3.05) is 19.6 Å². The minimum atomic E-state index is 0.360. The van der Waals surface area contributed by atoms with Gasteiger partial charge in [-0.15, -0.1) is 0 Å². The Labute approximate surface area is 105 Å². The molecule has 2 atom stereocenters. The quantitative estimate of drug-likeness (QED) is 0.795. The second-order valence-electron chi connectivity index (χ2n) is 5.82. The van der Waals surface area contributed by atoms with Crippen LogP contribution >= 0.6 is 0 Å². The van der Waals surface area contributed by atoms with Crippen molar-refractivity contribution in [3.63, 3.8) is 0 Å². The summed E-state index contributed by atoms with van der Waals surface area (Å²) >= 11 is 0. The lowest BCUT2D eigenvalue weighted by molar-refractivity contribution is -0.128. The molecule has 2 aliphatic rings. The Hall–Kier alpha value is -0.570. The highest BCUT2D eigenvalue weighted by atomic mass is 16.2. The zero-order valence-corrected chi connectivity index (χ0v) is 11.2. The van der Waals surface area contributed by atoms with Gasteiger partial charge in [-0.05, 0) is 31.2 Å². The topological polar surface area (TPSA) is 32.3 Å². The fourth-order valence-corrected chi connectivity index (χ4v) is 3.39. The van der Waals surface area contributed by atoms with Gasteiger partial charge in [0.15, 0.2) is 0 Å². The molecule has 2 rings (SSSR count). The number of likely N-dealkylation sites (N-methyl/N-ethyl adjacent to an activating group) is 1. The van der Waals surface area contributed by atoms with Gasteiger partial charge in [-0.3, -0.25) is 4.79 Å². The molecule has 1 aliphatic carbocycles. The Balaban J connectivity index is 1.90. The van der Waals surface area contributed by atoms with Gasteiger partial charge >= 0.3 is 0 Å². The van der Waals surface area contributed by atoms with Crippen LogP contribution in [0.4, 0.5) is 0 Å². The summed E-state index contributed by atoms with van der Waals surface area (Å²) in [6.07, 6.45) is 6.18. The maximum absolute atomic E-state index is 11.8. The summed E-state index contributed by atoms with van der Waals surface area (Å²) in [5.41, 5.74) is 0. The summed E-state index contributed by atoms with van der Waals surface area (Å²) in [4.78, 5) is 13.9. The number of hydrogen-bond acceptors (Lipinski definition) is 2. The van der Waals surface area contributed by atoms with E-state index in [-0.39, 0.29) is 0 Å². The molecule has 1 saturated carbocycles. The Morgan fingerprint density at radius 1 is 1.41 bits per heavy atom. The minimum Gasteiger partial charge on any atom is -0.341 e. The summed E-state index contributed by atoms with van der Waals surface area (Å²) in [5.74, 6) is 1.70. The van der Waals surface area contributed by atoms with Gasteiger partial charge in [-0.1, -0.05) is 26.7 Å². The molecule has 0 aromatic heterocycles. The summed E-state index contributed by atoms with van der Waals surface area (Å²) in [7, 11) is 0. The molecule has 0 aromatic rings. The molecule has 3 heteroatoms. The summed E-state index contributed by atoms with van der Waals surface area (Å²) < 4.78 is 0. The Morgan fingerprint density at radius 3 is 2.65 bits per heavy atom. The first-order chi connectivity index (χ1) is 8.20. The van der Waals surface area contributed by atoms with Gasteiger partial charge in [0.2, 0.25) is 5.91 Å². The van der Waals surface area contributed by atoms with Gasteiger partial charge < -0.3 is 10.2 Å². The molecule has 2 unspecified atom stereocenters. The fraction of sp³-hybridized carbons (Fsp3) is 0.929.